The minimum atomic E-state index is -0.577. The number of rotatable bonds is 6. The molecular weight excluding hydrogens is 392 g/mol. The molecule has 1 aromatic heterocycles. The first kappa shape index (κ1) is 20.3. The molecule has 29 heavy (non-hydrogen) atoms. The van der Waals surface area contributed by atoms with Crippen molar-refractivity contribution in [3.8, 4) is 11.8 Å². The number of tetrazole rings is 1. The average Bonchev–Trinajstić information content (AvgIpc) is 3.05. The SMILES string of the molecule is Cc1ccc(N(CCC#N)C(=O)Cn2nnn(-c3ccccc3Cl)c2=O)cc1C. The van der Waals surface area contributed by atoms with Crippen LogP contribution in [0.1, 0.15) is 17.5 Å². The highest BCUT2D eigenvalue weighted by molar-refractivity contribution is 6.32. The minimum absolute atomic E-state index is 0.167. The van der Waals surface area contributed by atoms with Crippen LogP contribution in [-0.2, 0) is 11.3 Å². The molecule has 0 radical (unpaired) electrons. The van der Waals surface area contributed by atoms with Crippen molar-refractivity contribution >= 4 is 23.2 Å². The topological polar surface area (TPSA) is 96.8 Å². The van der Waals surface area contributed by atoms with Gasteiger partial charge < -0.3 is 4.90 Å². The quantitative estimate of drug-likeness (QED) is 0.622. The van der Waals surface area contributed by atoms with Gasteiger partial charge in [-0.2, -0.15) is 14.6 Å². The summed E-state index contributed by atoms with van der Waals surface area (Å²) in [5.41, 5.74) is 2.60. The molecule has 0 spiro atoms. The fourth-order valence-corrected chi connectivity index (χ4v) is 3.03. The molecule has 0 bridgehead atoms. The number of nitriles is 1. The van der Waals surface area contributed by atoms with Gasteiger partial charge in [-0.05, 0) is 59.7 Å². The lowest BCUT2D eigenvalue weighted by atomic mass is 10.1. The summed E-state index contributed by atoms with van der Waals surface area (Å²) in [6, 6.07) is 14.4. The molecule has 0 saturated heterocycles. The van der Waals surface area contributed by atoms with Gasteiger partial charge in [-0.3, -0.25) is 4.79 Å². The predicted molar refractivity (Wildman–Crippen MR) is 109 cm³/mol. The molecule has 3 rings (SSSR count). The first-order chi connectivity index (χ1) is 13.9. The van der Waals surface area contributed by atoms with Gasteiger partial charge in [0.25, 0.3) is 0 Å². The third-order valence-electron chi connectivity index (χ3n) is 4.56. The van der Waals surface area contributed by atoms with Crippen molar-refractivity contribution in [1.82, 2.24) is 19.8 Å². The van der Waals surface area contributed by atoms with E-state index in [-0.39, 0.29) is 25.4 Å². The molecule has 0 saturated carbocycles. The van der Waals surface area contributed by atoms with Gasteiger partial charge in [-0.1, -0.05) is 29.8 Å². The van der Waals surface area contributed by atoms with Crippen molar-refractivity contribution in [3.05, 3.63) is 69.1 Å². The van der Waals surface area contributed by atoms with Crippen molar-refractivity contribution in [2.24, 2.45) is 0 Å². The Hall–Kier alpha value is -3.44. The number of anilines is 1. The Morgan fingerprint density at radius 1 is 1.17 bits per heavy atom. The molecule has 0 N–H and O–H groups in total. The third-order valence-corrected chi connectivity index (χ3v) is 4.88. The van der Waals surface area contributed by atoms with Gasteiger partial charge in [0, 0.05) is 12.2 Å². The van der Waals surface area contributed by atoms with Crippen molar-refractivity contribution in [2.45, 2.75) is 26.8 Å². The van der Waals surface area contributed by atoms with Gasteiger partial charge in [-0.15, -0.1) is 0 Å². The average molecular weight is 411 g/mol. The number of para-hydroxylation sites is 1. The molecular formula is C20H19ClN6O2. The Morgan fingerprint density at radius 2 is 1.93 bits per heavy atom. The van der Waals surface area contributed by atoms with E-state index in [1.54, 1.807) is 24.3 Å². The van der Waals surface area contributed by atoms with E-state index in [1.165, 1.54) is 4.90 Å². The number of amides is 1. The second-order valence-corrected chi connectivity index (χ2v) is 6.91. The smallest absolute Gasteiger partial charge is 0.310 e. The van der Waals surface area contributed by atoms with Crippen LogP contribution in [0.25, 0.3) is 5.69 Å². The standard InChI is InChI=1S/C20H19ClN6O2/c1-14-8-9-16(12-15(14)2)25(11-5-10-22)19(28)13-26-20(29)27(24-23-26)18-7-4-3-6-17(18)21/h3-4,6-9,12H,5,11,13H2,1-2H3. The molecule has 2 aromatic carbocycles. The van der Waals surface area contributed by atoms with E-state index in [1.807, 2.05) is 38.1 Å². The van der Waals surface area contributed by atoms with E-state index in [9.17, 15) is 9.59 Å². The summed E-state index contributed by atoms with van der Waals surface area (Å²) in [4.78, 5) is 27.1. The van der Waals surface area contributed by atoms with Gasteiger partial charge in [0.15, 0.2) is 0 Å². The molecule has 0 aliphatic heterocycles. The number of hydrogen-bond donors (Lipinski definition) is 0. The number of hydrogen-bond acceptors (Lipinski definition) is 5. The molecule has 148 valence electrons. The van der Waals surface area contributed by atoms with Gasteiger partial charge >= 0.3 is 5.69 Å². The van der Waals surface area contributed by atoms with E-state index in [2.05, 4.69) is 10.4 Å². The van der Waals surface area contributed by atoms with Crippen LogP contribution in [0, 0.1) is 25.2 Å². The minimum Gasteiger partial charge on any atom is -0.310 e. The first-order valence-electron chi connectivity index (χ1n) is 8.94. The summed E-state index contributed by atoms with van der Waals surface area (Å²) in [5, 5.41) is 16.9. The summed E-state index contributed by atoms with van der Waals surface area (Å²) in [5.74, 6) is -0.364. The van der Waals surface area contributed by atoms with Crippen molar-refractivity contribution in [3.63, 3.8) is 0 Å². The number of nitrogens with zero attached hydrogens (tertiary/aromatic N) is 6. The highest BCUT2D eigenvalue weighted by Crippen LogP contribution is 2.20. The van der Waals surface area contributed by atoms with Crippen LogP contribution < -0.4 is 10.6 Å². The maximum Gasteiger partial charge on any atom is 0.369 e. The van der Waals surface area contributed by atoms with E-state index in [0.717, 1.165) is 20.5 Å². The number of carbonyl (C=O) groups excluding carboxylic acids is 1. The zero-order valence-corrected chi connectivity index (χ0v) is 16.8. The summed E-state index contributed by atoms with van der Waals surface area (Å²) < 4.78 is 2.03. The Kier molecular flexibility index (Phi) is 6.10. The van der Waals surface area contributed by atoms with Gasteiger partial charge in [0.1, 0.15) is 6.54 Å². The molecule has 0 unspecified atom stereocenters. The Labute approximate surface area is 172 Å². The van der Waals surface area contributed by atoms with Crippen LogP contribution in [0.4, 0.5) is 5.69 Å². The number of halogens is 1. The van der Waals surface area contributed by atoms with Crippen molar-refractivity contribution in [1.29, 1.82) is 5.26 Å². The van der Waals surface area contributed by atoms with Crippen LogP contribution in [0.3, 0.4) is 0 Å². The maximum atomic E-state index is 12.9. The lowest BCUT2D eigenvalue weighted by Crippen LogP contribution is -2.38. The van der Waals surface area contributed by atoms with Crippen LogP contribution in [-0.4, -0.2) is 32.2 Å². The number of aromatic nitrogens is 4. The van der Waals surface area contributed by atoms with Crippen LogP contribution in [0.2, 0.25) is 5.02 Å². The predicted octanol–water partition coefficient (Wildman–Crippen LogP) is 2.65. The largest absolute Gasteiger partial charge is 0.369 e. The third kappa shape index (κ3) is 4.36. The van der Waals surface area contributed by atoms with Crippen molar-refractivity contribution < 1.29 is 4.79 Å². The number of benzene rings is 2. The molecule has 9 heteroatoms. The van der Waals surface area contributed by atoms with E-state index < -0.39 is 5.69 Å². The number of aryl methyl sites for hydroxylation is 2. The lowest BCUT2D eigenvalue weighted by Gasteiger charge is -2.22. The summed E-state index contributed by atoms with van der Waals surface area (Å²) >= 11 is 6.12. The van der Waals surface area contributed by atoms with E-state index >= 15 is 0 Å². The highest BCUT2D eigenvalue weighted by Gasteiger charge is 2.20. The normalized spacial score (nSPS) is 10.6. The molecule has 8 nitrogen and oxygen atoms in total. The number of carbonyl (C=O) groups is 1. The summed E-state index contributed by atoms with van der Waals surface area (Å²) in [7, 11) is 0. The van der Waals surface area contributed by atoms with Crippen molar-refractivity contribution in [2.75, 3.05) is 11.4 Å². The Bertz CT molecular complexity index is 1140. The summed E-state index contributed by atoms with van der Waals surface area (Å²) in [6.45, 7) is 3.84. The second-order valence-electron chi connectivity index (χ2n) is 6.50. The zero-order chi connectivity index (χ0) is 21.0. The monoisotopic (exact) mass is 410 g/mol. The molecule has 3 aromatic rings. The lowest BCUT2D eigenvalue weighted by molar-refractivity contribution is -0.119. The molecule has 0 aliphatic rings. The second kappa shape index (κ2) is 8.71. The van der Waals surface area contributed by atoms with E-state index in [4.69, 9.17) is 16.9 Å². The first-order valence-corrected chi connectivity index (χ1v) is 9.32. The molecule has 0 aliphatic carbocycles. The van der Waals surface area contributed by atoms with Gasteiger partial charge in [-0.25, -0.2) is 4.79 Å². The molecule has 1 heterocycles. The van der Waals surface area contributed by atoms with Crippen LogP contribution in [0.5, 0.6) is 0 Å². The molecule has 0 atom stereocenters. The fraction of sp³-hybridized carbons (Fsp3) is 0.250. The zero-order valence-electron chi connectivity index (χ0n) is 16.0. The van der Waals surface area contributed by atoms with Crippen LogP contribution in [0.15, 0.2) is 47.3 Å². The van der Waals surface area contributed by atoms with E-state index in [0.29, 0.717) is 16.4 Å². The summed E-state index contributed by atoms with van der Waals surface area (Å²) in [6.07, 6.45) is 0.167. The maximum absolute atomic E-state index is 12.9. The Balaban J connectivity index is 1.89. The fourth-order valence-electron chi connectivity index (χ4n) is 2.81. The molecule has 1 amide bonds. The van der Waals surface area contributed by atoms with Gasteiger partial charge in [0.2, 0.25) is 5.91 Å². The van der Waals surface area contributed by atoms with Gasteiger partial charge in [0.05, 0.1) is 23.2 Å². The highest BCUT2D eigenvalue weighted by atomic mass is 35.5. The Morgan fingerprint density at radius 3 is 2.62 bits per heavy atom. The molecule has 0 fully saturated rings. The van der Waals surface area contributed by atoms with Crippen LogP contribution >= 0.6 is 11.6 Å².